The maximum atomic E-state index is 14.4. The Morgan fingerprint density at radius 3 is 1.20 bits per heavy atom. The molecule has 0 radical (unpaired) electrons. The van der Waals surface area contributed by atoms with Crippen LogP contribution in [0.3, 0.4) is 0 Å². The largest absolute Gasteiger partial charge is 0.465 e. The lowest BCUT2D eigenvalue weighted by molar-refractivity contribution is -0.152. The number of nitrogen functional groups attached to an aromatic ring is 3. The molecule has 0 bridgehead atoms. The first-order chi connectivity index (χ1) is 49.1. The zero-order chi connectivity index (χ0) is 75.3. The number of aryl methyl sites for hydroxylation is 3. The summed E-state index contributed by atoms with van der Waals surface area (Å²) in [6, 6.07) is 17.4. The highest BCUT2D eigenvalue weighted by atomic mass is 19.3. The molecule has 9 heterocycles. The number of fused-ring (bicyclic) bond motifs is 3. The Hall–Kier alpha value is -12.4. The predicted octanol–water partition coefficient (Wildman–Crippen LogP) is 7.11. The molecule has 0 saturated heterocycles. The monoisotopic (exact) mass is 1450 g/mol. The summed E-state index contributed by atoms with van der Waals surface area (Å²) in [6.07, 6.45) is -0.00332. The normalized spacial score (nSPS) is 17.9. The fraction of sp³-hybridized carbons (Fsp3) is 0.318. The number of carbonyl (C=O) groups excluding carboxylic acids is 6. The van der Waals surface area contributed by atoms with Crippen LogP contribution in [-0.4, -0.2) is 127 Å². The molecule has 3 aromatic carbocycles. The lowest BCUT2D eigenvalue weighted by Crippen LogP contribution is -2.48. The summed E-state index contributed by atoms with van der Waals surface area (Å²) >= 11 is 0. The Morgan fingerprint density at radius 1 is 0.538 bits per heavy atom. The number of nitrogens with two attached hydrogens (primary N) is 4. The van der Waals surface area contributed by atoms with Crippen LogP contribution in [0.25, 0.3) is 34.6 Å². The molecule has 1 saturated carbocycles. The van der Waals surface area contributed by atoms with Gasteiger partial charge in [0.15, 0.2) is 33.7 Å². The molecular formula is C66H64F8N20O10. The van der Waals surface area contributed by atoms with E-state index in [0.29, 0.717) is 16.7 Å². The predicted molar refractivity (Wildman–Crippen MR) is 353 cm³/mol. The zero-order valence-corrected chi connectivity index (χ0v) is 56.3. The number of rotatable bonds is 20. The van der Waals surface area contributed by atoms with Gasteiger partial charge < -0.3 is 63.1 Å². The Labute approximate surface area is 583 Å². The van der Waals surface area contributed by atoms with E-state index in [2.05, 4.69) is 75.9 Å². The van der Waals surface area contributed by atoms with Crippen molar-refractivity contribution >= 4 is 70.4 Å². The van der Waals surface area contributed by atoms with E-state index in [0.717, 1.165) is 39.9 Å². The molecule has 104 heavy (non-hydrogen) atoms. The number of nitrogens with zero attached hydrogens (tertiary/aromatic N) is 12. The van der Waals surface area contributed by atoms with E-state index in [1.165, 1.54) is 68.8 Å². The number of esters is 1. The molecule has 9 aromatic rings. The molecule has 4 aliphatic rings. The number of benzene rings is 3. The average Bonchev–Trinajstić information content (AvgIpc) is 1.59. The van der Waals surface area contributed by atoms with Gasteiger partial charge in [0, 0.05) is 47.9 Å². The molecule has 3 aliphatic heterocycles. The second-order valence-corrected chi connectivity index (χ2v) is 24.8. The fourth-order valence-corrected chi connectivity index (χ4v) is 11.4. The van der Waals surface area contributed by atoms with Crippen molar-refractivity contribution in [2.45, 2.75) is 130 Å². The van der Waals surface area contributed by atoms with Gasteiger partial charge in [-0.25, -0.2) is 61.5 Å². The van der Waals surface area contributed by atoms with Gasteiger partial charge in [-0.1, -0.05) is 36.4 Å². The molecular weight excluding hydrogens is 1380 g/mol. The van der Waals surface area contributed by atoms with Crippen LogP contribution in [0.15, 0.2) is 72.8 Å². The maximum absolute atomic E-state index is 14.4. The molecule has 4 unspecified atom stereocenters. The molecule has 38 heteroatoms. The SMILES string of the molecule is CCOC(=O)C1(C)C(=O)Nc2nc(-c3cc(OC(F)F)n(Cc4ccc(C)cc4F)n3)nc(N)c21.Cc1ccc(Cn2nc(-c3nc(N)c4c(n3)NC(=O)C4(C)C(=O)NC3CC3)cc2OC(F)F)c(F)c1.Cc1ccc(Cn2nc(-c3nc(N)c4c(n3)NC(=O)C4(C)C(N)=O)cc2OC(C)F)c(F)c1. The molecule has 4 atom stereocenters. The summed E-state index contributed by atoms with van der Waals surface area (Å²) in [6.45, 7) is 5.32. The van der Waals surface area contributed by atoms with Crippen LogP contribution in [0.4, 0.5) is 70.0 Å². The third-order valence-corrected chi connectivity index (χ3v) is 17.1. The average molecular weight is 1450 g/mol. The highest BCUT2D eigenvalue weighted by Crippen LogP contribution is 2.45. The minimum absolute atomic E-state index is 0.00189. The quantitative estimate of drug-likeness (QED) is 0.0214. The maximum Gasteiger partial charge on any atom is 0.388 e. The van der Waals surface area contributed by atoms with Crippen LogP contribution in [0.2, 0.25) is 0 Å². The highest BCUT2D eigenvalue weighted by molar-refractivity contribution is 6.22. The number of alkyl halides is 5. The van der Waals surface area contributed by atoms with E-state index >= 15 is 0 Å². The number of ether oxygens (including phenoxy) is 4. The second-order valence-electron chi connectivity index (χ2n) is 24.8. The van der Waals surface area contributed by atoms with Crippen molar-refractivity contribution in [1.82, 2.24) is 64.6 Å². The Kier molecular flexibility index (Phi) is 19.7. The third-order valence-electron chi connectivity index (χ3n) is 17.1. The van der Waals surface area contributed by atoms with Gasteiger partial charge in [-0.15, -0.1) is 0 Å². The number of primary amides is 1. The fourth-order valence-electron chi connectivity index (χ4n) is 11.4. The summed E-state index contributed by atoms with van der Waals surface area (Å²) in [5.74, 6) is -7.18. The summed E-state index contributed by atoms with van der Waals surface area (Å²) in [5, 5.41) is 23.0. The molecule has 12 N–H and O–H groups in total. The molecule has 6 aromatic heterocycles. The standard InChI is InChI=1S/C23H22F3N7O3.C22H21F3N6O4.C21H21F2N7O3/c1-10-3-4-11(13(24)7-10)9-33-15(36-22(25)26)8-14(32-33)18-29-17(27)16-19(30-18)31-21(35)23(16,2)20(34)28-12-5-6-12;1-4-34-20(33)22(3)15-16(26)27-17(28-18(15)29-19(22)32)13-8-14(35-21(24)25)31(30-13)9-11-6-5-10(2)7-12(11)23;1-9-4-5-11(12(23)6-9)8-30-14(33-10(2)22)7-13(29-30)17-26-16(24)15-18(27-17)28-20(32)21(15,3)19(25)31/h3-4,7-8,12,22H,5-6,9H2,1-2H3,(H,28,34)(H3,27,29,30,31,35);5-8,21H,4,9H2,1-3H3,(H3,26,27,28,29,32);4-7,10H,8H2,1-3H3,(H2,25,31)(H3,24,26,27,28,32). The Morgan fingerprint density at radius 2 is 0.875 bits per heavy atom. The van der Waals surface area contributed by atoms with E-state index in [1.807, 2.05) is 0 Å². The van der Waals surface area contributed by atoms with Crippen LogP contribution in [0.1, 0.15) is 97.5 Å². The van der Waals surface area contributed by atoms with E-state index in [4.69, 9.17) is 32.4 Å². The van der Waals surface area contributed by atoms with Crippen molar-refractivity contribution in [3.8, 4) is 52.2 Å². The summed E-state index contributed by atoms with van der Waals surface area (Å²) in [7, 11) is 0. The van der Waals surface area contributed by atoms with Gasteiger partial charge in [0.05, 0.1) is 42.9 Å². The van der Waals surface area contributed by atoms with Crippen LogP contribution in [-0.2, 0) is 69.4 Å². The van der Waals surface area contributed by atoms with Gasteiger partial charge in [0.1, 0.15) is 69.4 Å². The second kappa shape index (κ2) is 28.2. The Balaban J connectivity index is 0.000000156. The summed E-state index contributed by atoms with van der Waals surface area (Å²) in [5.41, 5.74) is 21.7. The van der Waals surface area contributed by atoms with Gasteiger partial charge in [0.25, 0.3) is 0 Å². The van der Waals surface area contributed by atoms with Crippen molar-refractivity contribution < 1.29 is 82.8 Å². The van der Waals surface area contributed by atoms with Crippen molar-refractivity contribution in [2.75, 3.05) is 39.8 Å². The molecule has 0 spiro atoms. The number of aromatic nitrogens is 12. The lowest BCUT2D eigenvalue weighted by atomic mass is 9.83. The van der Waals surface area contributed by atoms with Crippen LogP contribution in [0.5, 0.6) is 17.6 Å². The van der Waals surface area contributed by atoms with Crippen molar-refractivity contribution in [3.05, 3.63) is 140 Å². The number of anilines is 6. The molecule has 13 rings (SSSR count). The van der Waals surface area contributed by atoms with Crippen molar-refractivity contribution in [1.29, 1.82) is 0 Å². The number of nitrogens with one attached hydrogen (secondary N) is 4. The van der Waals surface area contributed by atoms with Crippen LogP contribution < -0.4 is 58.4 Å². The van der Waals surface area contributed by atoms with Crippen molar-refractivity contribution in [2.24, 2.45) is 5.73 Å². The minimum atomic E-state index is -3.17. The third kappa shape index (κ3) is 14.2. The van der Waals surface area contributed by atoms with E-state index in [1.54, 1.807) is 52.0 Å². The first-order valence-corrected chi connectivity index (χ1v) is 31.6. The lowest BCUT2D eigenvalue weighted by Gasteiger charge is -2.21. The van der Waals surface area contributed by atoms with E-state index in [-0.39, 0.29) is 147 Å². The molecule has 1 fully saturated rings. The zero-order valence-electron chi connectivity index (χ0n) is 56.3. The minimum Gasteiger partial charge on any atom is -0.465 e. The summed E-state index contributed by atoms with van der Waals surface area (Å²) in [4.78, 5) is 100. The topological polar surface area (TPSA) is 422 Å². The van der Waals surface area contributed by atoms with E-state index in [9.17, 15) is 63.9 Å². The molecule has 5 amide bonds. The number of carbonyl (C=O) groups is 6. The Bertz CT molecular complexity index is 4970. The van der Waals surface area contributed by atoms with Gasteiger partial charge in [-0.2, -0.15) is 32.9 Å². The molecule has 544 valence electrons. The first-order valence-electron chi connectivity index (χ1n) is 31.6. The smallest absolute Gasteiger partial charge is 0.388 e. The number of amides is 5. The molecule has 1 aliphatic carbocycles. The van der Waals surface area contributed by atoms with Crippen LogP contribution in [0, 0.1) is 38.2 Å². The van der Waals surface area contributed by atoms with Gasteiger partial charge in [0.2, 0.25) is 53.5 Å². The van der Waals surface area contributed by atoms with E-state index < -0.39 is 88.8 Å². The first kappa shape index (κ1) is 72.8. The molecule has 30 nitrogen and oxygen atoms in total. The summed E-state index contributed by atoms with van der Waals surface area (Å²) < 4.78 is 131. The van der Waals surface area contributed by atoms with Gasteiger partial charge in [-0.3, -0.25) is 28.8 Å². The number of hydrogen-bond donors (Lipinski definition) is 8. The number of hydrogen-bond acceptors (Lipinski definition) is 22. The number of halogens is 8. The van der Waals surface area contributed by atoms with Crippen molar-refractivity contribution in [3.63, 3.8) is 0 Å². The van der Waals surface area contributed by atoms with Gasteiger partial charge in [-0.05, 0) is 96.2 Å². The van der Waals surface area contributed by atoms with Gasteiger partial charge >= 0.3 is 19.2 Å². The van der Waals surface area contributed by atoms with Crippen LogP contribution >= 0.6 is 0 Å². The highest BCUT2D eigenvalue weighted by Gasteiger charge is 2.55.